The number of anilines is 1. The van der Waals surface area contributed by atoms with Gasteiger partial charge in [0, 0.05) is 50.2 Å². The minimum absolute atomic E-state index is 0.175. The molecular formula is C22H21FN4O3. The van der Waals surface area contributed by atoms with Gasteiger partial charge in [-0.2, -0.15) is 0 Å². The maximum absolute atomic E-state index is 13.2. The van der Waals surface area contributed by atoms with Crippen molar-refractivity contribution in [3.8, 4) is 5.69 Å². The Bertz CT molecular complexity index is 1150. The summed E-state index contributed by atoms with van der Waals surface area (Å²) in [5.74, 6) is 0.366. The fourth-order valence-electron chi connectivity index (χ4n) is 4.12. The van der Waals surface area contributed by atoms with Crippen molar-refractivity contribution < 1.29 is 13.7 Å². The molecule has 2 aliphatic rings. The smallest absolute Gasteiger partial charge is 0.292 e. The van der Waals surface area contributed by atoms with E-state index in [0.29, 0.717) is 31.0 Å². The van der Waals surface area contributed by atoms with Crippen LogP contribution in [0.2, 0.25) is 0 Å². The first-order chi connectivity index (χ1) is 14.6. The lowest BCUT2D eigenvalue weighted by molar-refractivity contribution is 0.0692. The van der Waals surface area contributed by atoms with E-state index < -0.39 is 0 Å². The van der Waals surface area contributed by atoms with Crippen LogP contribution in [0.3, 0.4) is 0 Å². The average Bonchev–Trinajstić information content (AvgIpc) is 3.45. The van der Waals surface area contributed by atoms with E-state index in [4.69, 9.17) is 4.52 Å². The molecule has 0 aliphatic carbocycles. The lowest BCUT2D eigenvalue weighted by Gasteiger charge is -2.28. The number of rotatable bonds is 3. The first-order valence-electron chi connectivity index (χ1n) is 10.1. The van der Waals surface area contributed by atoms with Gasteiger partial charge in [0.2, 0.25) is 5.76 Å². The van der Waals surface area contributed by atoms with Gasteiger partial charge >= 0.3 is 0 Å². The molecule has 8 heteroatoms. The lowest BCUT2D eigenvalue weighted by Crippen LogP contribution is -2.37. The molecule has 5 rings (SSSR count). The third-order valence-electron chi connectivity index (χ3n) is 5.78. The summed E-state index contributed by atoms with van der Waals surface area (Å²) in [6.07, 6.45) is 4.57. The summed E-state index contributed by atoms with van der Waals surface area (Å²) in [5, 5.41) is 4.06. The molecule has 0 radical (unpaired) electrons. The maximum atomic E-state index is 13.2. The van der Waals surface area contributed by atoms with Crippen molar-refractivity contribution >= 4 is 11.7 Å². The molecule has 0 spiro atoms. The zero-order chi connectivity index (χ0) is 20.7. The van der Waals surface area contributed by atoms with E-state index in [1.807, 2.05) is 0 Å². The predicted molar refractivity (Wildman–Crippen MR) is 108 cm³/mol. The summed E-state index contributed by atoms with van der Waals surface area (Å²) >= 11 is 0. The van der Waals surface area contributed by atoms with Crippen LogP contribution in [0.4, 0.5) is 10.2 Å². The highest BCUT2D eigenvalue weighted by molar-refractivity contribution is 5.92. The third kappa shape index (κ3) is 3.38. The number of hydrogen-bond donors (Lipinski definition) is 0. The highest BCUT2D eigenvalue weighted by Crippen LogP contribution is 2.24. The number of benzene rings is 1. The molecule has 0 bridgehead atoms. The van der Waals surface area contributed by atoms with Gasteiger partial charge in [-0.05, 0) is 54.7 Å². The van der Waals surface area contributed by atoms with Crippen molar-refractivity contribution in [1.82, 2.24) is 14.6 Å². The Morgan fingerprint density at radius 3 is 2.57 bits per heavy atom. The number of fused-ring (bicyclic) bond motifs is 1. The zero-order valence-electron chi connectivity index (χ0n) is 16.4. The van der Waals surface area contributed by atoms with Crippen LogP contribution in [0.25, 0.3) is 5.69 Å². The second-order valence-electron chi connectivity index (χ2n) is 7.73. The number of carbonyl (C=O) groups is 1. The van der Waals surface area contributed by atoms with Gasteiger partial charge in [-0.3, -0.25) is 14.2 Å². The average molecular weight is 408 g/mol. The van der Waals surface area contributed by atoms with Gasteiger partial charge in [-0.25, -0.2) is 4.39 Å². The van der Waals surface area contributed by atoms with Gasteiger partial charge in [0.25, 0.3) is 11.5 Å². The van der Waals surface area contributed by atoms with Crippen LogP contribution < -0.4 is 10.5 Å². The Kier molecular flexibility index (Phi) is 4.61. The van der Waals surface area contributed by atoms with Crippen LogP contribution in [-0.2, 0) is 13.0 Å². The first kappa shape index (κ1) is 18.6. The fraction of sp³-hybridized carbons (Fsp3) is 0.318. The Labute approximate surface area is 172 Å². The van der Waals surface area contributed by atoms with E-state index in [1.54, 1.807) is 35.4 Å². The molecule has 0 N–H and O–H groups in total. The van der Waals surface area contributed by atoms with Crippen molar-refractivity contribution in [2.24, 2.45) is 0 Å². The molecule has 154 valence electrons. The summed E-state index contributed by atoms with van der Waals surface area (Å²) in [6, 6.07) is 9.06. The number of halogens is 1. The minimum Gasteiger partial charge on any atom is -0.354 e. The Hall–Kier alpha value is -3.42. The van der Waals surface area contributed by atoms with E-state index >= 15 is 0 Å². The molecular weight excluding hydrogens is 387 g/mol. The normalized spacial score (nSPS) is 16.0. The number of amides is 1. The molecule has 7 nitrogen and oxygen atoms in total. The highest BCUT2D eigenvalue weighted by Gasteiger charge is 2.27. The Morgan fingerprint density at radius 1 is 1.03 bits per heavy atom. The third-order valence-corrected chi connectivity index (χ3v) is 5.78. The molecule has 1 amide bonds. The molecule has 1 fully saturated rings. The van der Waals surface area contributed by atoms with E-state index in [1.165, 1.54) is 16.7 Å². The monoisotopic (exact) mass is 408 g/mol. The molecule has 2 aromatic heterocycles. The summed E-state index contributed by atoms with van der Waals surface area (Å²) < 4.78 is 20.0. The first-order valence-corrected chi connectivity index (χ1v) is 10.1. The lowest BCUT2D eigenvalue weighted by atomic mass is 10.0. The number of carbonyl (C=O) groups excluding carboxylic acids is 1. The second-order valence-corrected chi connectivity index (χ2v) is 7.73. The van der Waals surface area contributed by atoms with Crippen LogP contribution >= 0.6 is 0 Å². The van der Waals surface area contributed by atoms with Crippen molar-refractivity contribution in [3.05, 3.63) is 75.7 Å². The summed E-state index contributed by atoms with van der Waals surface area (Å²) in [5.41, 5.74) is 2.22. The molecule has 0 atom stereocenters. The number of nitrogens with zero attached hydrogens (tertiary/aromatic N) is 4. The SMILES string of the molecule is O=C(c1cc(N2CCCC2)no1)N1CCc2cc(=O)n(-c3ccc(F)cc3)cc2C1. The predicted octanol–water partition coefficient (Wildman–Crippen LogP) is 2.76. The van der Waals surface area contributed by atoms with E-state index in [-0.39, 0.29) is 23.0 Å². The van der Waals surface area contributed by atoms with Gasteiger partial charge in [0.1, 0.15) is 5.82 Å². The van der Waals surface area contributed by atoms with Crippen LogP contribution in [-0.4, -0.2) is 40.2 Å². The topological polar surface area (TPSA) is 71.6 Å². The minimum atomic E-state index is -0.359. The molecule has 4 heterocycles. The molecule has 2 aliphatic heterocycles. The largest absolute Gasteiger partial charge is 0.354 e. The van der Waals surface area contributed by atoms with Crippen LogP contribution in [0.15, 0.2) is 51.9 Å². The van der Waals surface area contributed by atoms with Crippen LogP contribution in [0.5, 0.6) is 0 Å². The van der Waals surface area contributed by atoms with Gasteiger partial charge in [0.15, 0.2) is 5.82 Å². The summed E-state index contributed by atoms with van der Waals surface area (Å²) in [4.78, 5) is 29.3. The quantitative estimate of drug-likeness (QED) is 0.667. The molecule has 1 saturated heterocycles. The molecule has 0 unspecified atom stereocenters. The number of pyridine rings is 1. The summed E-state index contributed by atoms with van der Waals surface area (Å²) in [6.45, 7) is 2.73. The Balaban J connectivity index is 1.39. The van der Waals surface area contributed by atoms with E-state index in [2.05, 4.69) is 10.1 Å². The molecule has 30 heavy (non-hydrogen) atoms. The molecule has 3 aromatic rings. The van der Waals surface area contributed by atoms with Crippen molar-refractivity contribution in [2.75, 3.05) is 24.5 Å². The van der Waals surface area contributed by atoms with E-state index in [0.717, 1.165) is 37.1 Å². The van der Waals surface area contributed by atoms with Gasteiger partial charge in [0.05, 0.1) is 0 Å². The van der Waals surface area contributed by atoms with Gasteiger partial charge < -0.3 is 14.3 Å². The van der Waals surface area contributed by atoms with Crippen molar-refractivity contribution in [2.45, 2.75) is 25.8 Å². The number of hydrogen-bond acceptors (Lipinski definition) is 5. The van der Waals surface area contributed by atoms with Crippen molar-refractivity contribution in [1.29, 1.82) is 0 Å². The highest BCUT2D eigenvalue weighted by atomic mass is 19.1. The van der Waals surface area contributed by atoms with Gasteiger partial charge in [-0.15, -0.1) is 0 Å². The van der Waals surface area contributed by atoms with Crippen LogP contribution in [0.1, 0.15) is 34.5 Å². The second kappa shape index (κ2) is 7.44. The van der Waals surface area contributed by atoms with E-state index in [9.17, 15) is 14.0 Å². The molecule has 1 aromatic carbocycles. The standard InChI is InChI=1S/C22H21FN4O3/c23-17-3-5-18(6-4-17)27-14-16-13-26(10-7-15(16)11-21(27)28)22(29)19-12-20(24-30-19)25-8-1-2-9-25/h3-6,11-12,14H,1-2,7-10,13H2. The van der Waals surface area contributed by atoms with Gasteiger partial charge in [-0.1, -0.05) is 5.16 Å². The maximum Gasteiger partial charge on any atom is 0.292 e. The van der Waals surface area contributed by atoms with Crippen LogP contribution in [0, 0.1) is 5.82 Å². The fourth-order valence-corrected chi connectivity index (χ4v) is 4.12. The summed E-state index contributed by atoms with van der Waals surface area (Å²) in [7, 11) is 0. The van der Waals surface area contributed by atoms with Crippen molar-refractivity contribution in [3.63, 3.8) is 0 Å². The Morgan fingerprint density at radius 2 is 1.80 bits per heavy atom. The number of aromatic nitrogens is 2. The molecule has 0 saturated carbocycles. The zero-order valence-corrected chi connectivity index (χ0v) is 16.4.